The van der Waals surface area contributed by atoms with Crippen LogP contribution in [0.4, 0.5) is 0 Å². The average Bonchev–Trinajstić information content (AvgIpc) is 1.98. The third kappa shape index (κ3) is 13.7. The Bertz CT molecular complexity index is 318. The van der Waals surface area contributed by atoms with Crippen LogP contribution in [0.2, 0.25) is 0 Å². The van der Waals surface area contributed by atoms with E-state index in [1.165, 1.54) is 0 Å². The first kappa shape index (κ1) is 14.7. The Morgan fingerprint density at radius 3 is 1.33 bits per heavy atom. The van der Waals surface area contributed by atoms with Crippen molar-refractivity contribution in [3.05, 3.63) is 0 Å². The molecule has 0 aliphatic rings. The topological polar surface area (TPSA) is 127 Å². The highest BCUT2D eigenvalue weighted by atomic mass is 32.3. The van der Waals surface area contributed by atoms with Gasteiger partial charge in [0.05, 0.1) is 13.2 Å². The summed E-state index contributed by atoms with van der Waals surface area (Å²) in [6.45, 7) is -0.380. The summed E-state index contributed by atoms with van der Waals surface area (Å²) in [5.41, 5.74) is 0. The number of rotatable bonds is 8. The summed E-state index contributed by atoms with van der Waals surface area (Å²) < 4.78 is 64.5. The van der Waals surface area contributed by atoms with Crippen molar-refractivity contribution in [2.45, 2.75) is 19.3 Å². The van der Waals surface area contributed by atoms with Gasteiger partial charge in [0.25, 0.3) is 0 Å². The molecule has 8 nitrogen and oxygen atoms in total. The first-order valence-corrected chi connectivity index (χ1v) is 6.67. The third-order valence-corrected chi connectivity index (χ3v) is 2.18. The van der Waals surface area contributed by atoms with Crippen LogP contribution in [0, 0.1) is 0 Å². The number of unbranched alkanes of at least 4 members (excludes halogenated alkanes) is 2. The zero-order valence-corrected chi connectivity index (χ0v) is 9.33. The molecule has 0 aromatic rings. The molecule has 0 aliphatic heterocycles. The highest BCUT2D eigenvalue weighted by Crippen LogP contribution is 1.99. The second-order valence-electron chi connectivity index (χ2n) is 2.56. The van der Waals surface area contributed by atoms with E-state index in [2.05, 4.69) is 8.37 Å². The minimum Gasteiger partial charge on any atom is -0.264 e. The molecule has 0 heterocycles. The highest BCUT2D eigenvalue weighted by molar-refractivity contribution is 7.81. The fourth-order valence-electron chi connectivity index (χ4n) is 0.709. The minimum absolute atomic E-state index is 0.190. The fourth-order valence-corrected chi connectivity index (χ4v) is 1.37. The SMILES string of the molecule is O=S(=O)(O)OCCCCCOS(=O)(=O)O. The molecule has 92 valence electrons. The maximum absolute atomic E-state index is 10.0. The minimum atomic E-state index is -4.41. The van der Waals surface area contributed by atoms with Crippen molar-refractivity contribution in [3.8, 4) is 0 Å². The molecule has 0 spiro atoms. The standard InChI is InChI=1S/C5H12O8S2/c6-14(7,8)12-4-2-1-3-5-13-15(9,10)11/h1-5H2,(H,6,7,8)(H,9,10,11). The largest absolute Gasteiger partial charge is 0.397 e. The van der Waals surface area contributed by atoms with Gasteiger partial charge in [-0.2, -0.15) is 16.8 Å². The van der Waals surface area contributed by atoms with E-state index in [0.29, 0.717) is 19.3 Å². The molecule has 0 aromatic heterocycles. The predicted octanol–water partition coefficient (Wildman–Crippen LogP) is -0.204. The maximum Gasteiger partial charge on any atom is 0.397 e. The molecule has 0 aromatic carbocycles. The van der Waals surface area contributed by atoms with Gasteiger partial charge in [0, 0.05) is 0 Å². The molecular formula is C5H12O8S2. The predicted molar refractivity (Wildman–Crippen MR) is 48.9 cm³/mol. The smallest absolute Gasteiger partial charge is 0.264 e. The number of hydrogen-bond donors (Lipinski definition) is 2. The molecular weight excluding hydrogens is 252 g/mol. The van der Waals surface area contributed by atoms with Gasteiger partial charge in [-0.25, -0.2) is 8.37 Å². The molecule has 15 heavy (non-hydrogen) atoms. The van der Waals surface area contributed by atoms with Crippen LogP contribution < -0.4 is 0 Å². The Kier molecular flexibility index (Phi) is 6.24. The van der Waals surface area contributed by atoms with E-state index in [1.54, 1.807) is 0 Å². The second kappa shape index (κ2) is 6.35. The van der Waals surface area contributed by atoms with Crippen molar-refractivity contribution in [1.29, 1.82) is 0 Å². The van der Waals surface area contributed by atoms with Crippen molar-refractivity contribution in [1.82, 2.24) is 0 Å². The second-order valence-corrected chi connectivity index (χ2v) is 4.74. The van der Waals surface area contributed by atoms with Crippen LogP contribution in [0.25, 0.3) is 0 Å². The van der Waals surface area contributed by atoms with E-state index in [0.717, 1.165) is 0 Å². The van der Waals surface area contributed by atoms with Gasteiger partial charge < -0.3 is 0 Å². The van der Waals surface area contributed by atoms with Crippen LogP contribution >= 0.6 is 0 Å². The molecule has 0 radical (unpaired) electrons. The van der Waals surface area contributed by atoms with E-state index in [9.17, 15) is 16.8 Å². The Hall–Kier alpha value is -0.260. The number of hydrogen-bond acceptors (Lipinski definition) is 6. The van der Waals surface area contributed by atoms with Crippen molar-refractivity contribution in [2.24, 2.45) is 0 Å². The molecule has 0 rings (SSSR count). The van der Waals surface area contributed by atoms with Crippen LogP contribution in [0.1, 0.15) is 19.3 Å². The van der Waals surface area contributed by atoms with E-state index in [1.807, 2.05) is 0 Å². The van der Waals surface area contributed by atoms with E-state index in [4.69, 9.17) is 9.11 Å². The van der Waals surface area contributed by atoms with Gasteiger partial charge in [-0.3, -0.25) is 9.11 Å². The molecule has 0 bridgehead atoms. The average molecular weight is 264 g/mol. The summed E-state index contributed by atoms with van der Waals surface area (Å²) in [6.07, 6.45) is 1.06. The maximum atomic E-state index is 10.0. The van der Waals surface area contributed by atoms with Gasteiger partial charge in [-0.1, -0.05) is 0 Å². The summed E-state index contributed by atoms with van der Waals surface area (Å²) in [5, 5.41) is 0. The molecule has 0 amide bonds. The van der Waals surface area contributed by atoms with Crippen LogP contribution in [0.5, 0.6) is 0 Å². The van der Waals surface area contributed by atoms with Gasteiger partial charge in [0.15, 0.2) is 0 Å². The van der Waals surface area contributed by atoms with Crippen molar-refractivity contribution < 1.29 is 34.3 Å². The summed E-state index contributed by atoms with van der Waals surface area (Å²) in [6, 6.07) is 0. The summed E-state index contributed by atoms with van der Waals surface area (Å²) in [5.74, 6) is 0. The van der Waals surface area contributed by atoms with Crippen LogP contribution in [0.15, 0.2) is 0 Å². The van der Waals surface area contributed by atoms with Crippen molar-refractivity contribution in [3.63, 3.8) is 0 Å². The Labute approximate surface area is 88.1 Å². The van der Waals surface area contributed by atoms with Gasteiger partial charge in [-0.15, -0.1) is 0 Å². The molecule has 2 N–H and O–H groups in total. The lowest BCUT2D eigenvalue weighted by Crippen LogP contribution is -2.06. The molecule has 0 saturated heterocycles. The molecule has 0 atom stereocenters. The van der Waals surface area contributed by atoms with Crippen LogP contribution in [0.3, 0.4) is 0 Å². The zero-order chi connectivity index (χ0) is 11.9. The van der Waals surface area contributed by atoms with Gasteiger partial charge in [-0.05, 0) is 19.3 Å². The quantitative estimate of drug-likeness (QED) is 0.455. The van der Waals surface area contributed by atoms with Crippen LogP contribution in [-0.4, -0.2) is 39.2 Å². The zero-order valence-electron chi connectivity index (χ0n) is 7.70. The Balaban J connectivity index is 3.34. The lowest BCUT2D eigenvalue weighted by Gasteiger charge is -2.00. The van der Waals surface area contributed by atoms with E-state index in [-0.39, 0.29) is 13.2 Å². The molecule has 0 aliphatic carbocycles. The first-order chi connectivity index (χ1) is 6.71. The van der Waals surface area contributed by atoms with E-state index >= 15 is 0 Å². The molecule has 0 fully saturated rings. The molecule has 0 saturated carbocycles. The van der Waals surface area contributed by atoms with Gasteiger partial charge in [0.2, 0.25) is 0 Å². The summed E-state index contributed by atoms with van der Waals surface area (Å²) in [4.78, 5) is 0. The first-order valence-electron chi connectivity index (χ1n) is 3.94. The molecule has 10 heteroatoms. The Morgan fingerprint density at radius 2 is 1.07 bits per heavy atom. The van der Waals surface area contributed by atoms with Gasteiger partial charge in [0.1, 0.15) is 0 Å². The summed E-state index contributed by atoms with van der Waals surface area (Å²) >= 11 is 0. The van der Waals surface area contributed by atoms with Crippen molar-refractivity contribution >= 4 is 20.8 Å². The van der Waals surface area contributed by atoms with Crippen molar-refractivity contribution in [2.75, 3.05) is 13.2 Å². The lowest BCUT2D eigenvalue weighted by atomic mass is 10.2. The lowest BCUT2D eigenvalue weighted by molar-refractivity contribution is 0.245. The molecule has 0 unspecified atom stereocenters. The van der Waals surface area contributed by atoms with Gasteiger partial charge >= 0.3 is 20.8 Å². The third-order valence-electron chi connectivity index (χ3n) is 1.25. The van der Waals surface area contributed by atoms with Crippen LogP contribution in [-0.2, 0) is 29.2 Å². The highest BCUT2D eigenvalue weighted by Gasteiger charge is 2.04. The fraction of sp³-hybridized carbons (Fsp3) is 1.00. The normalized spacial score (nSPS) is 12.9. The van der Waals surface area contributed by atoms with E-state index < -0.39 is 20.8 Å². The summed E-state index contributed by atoms with van der Waals surface area (Å²) in [7, 11) is -8.81. The Morgan fingerprint density at radius 1 is 0.733 bits per heavy atom. The monoisotopic (exact) mass is 264 g/mol.